The van der Waals surface area contributed by atoms with Crippen molar-refractivity contribution in [3.63, 3.8) is 0 Å². The number of methoxy groups -OCH3 is 1. The Balaban J connectivity index is 1.34. The van der Waals surface area contributed by atoms with Gasteiger partial charge in [-0.15, -0.1) is 23.1 Å². The van der Waals surface area contributed by atoms with Gasteiger partial charge in [0.1, 0.15) is 16.5 Å². The van der Waals surface area contributed by atoms with Gasteiger partial charge in [0, 0.05) is 26.6 Å². The summed E-state index contributed by atoms with van der Waals surface area (Å²) in [4.78, 5) is 54.7. The van der Waals surface area contributed by atoms with Crippen LogP contribution in [0.3, 0.4) is 0 Å². The number of halogens is 2. The lowest BCUT2D eigenvalue weighted by Gasteiger charge is -2.16. The largest absolute Gasteiger partial charge is 0.465 e. The number of ether oxygens (including phenoxy) is 1. The van der Waals surface area contributed by atoms with Gasteiger partial charge in [0.25, 0.3) is 11.8 Å². The number of aryl methyl sites for hydroxylation is 1. The Morgan fingerprint density at radius 2 is 1.73 bits per heavy atom. The van der Waals surface area contributed by atoms with E-state index in [0.717, 1.165) is 42.5 Å². The average Bonchev–Trinajstić information content (AvgIpc) is 3.27. The monoisotopic (exact) mass is 719 g/mol. The minimum atomic E-state index is -0.705. The molecule has 3 amide bonds. The highest BCUT2D eigenvalue weighted by molar-refractivity contribution is 8.00. The first-order valence-corrected chi connectivity index (χ1v) is 17.9. The molecule has 254 valence electrons. The third-order valence-electron chi connectivity index (χ3n) is 7.90. The van der Waals surface area contributed by atoms with Crippen molar-refractivity contribution >= 4 is 75.2 Å². The van der Waals surface area contributed by atoms with E-state index in [1.807, 2.05) is 13.0 Å². The third kappa shape index (κ3) is 8.97. The Hall–Kier alpha value is -4.45. The molecule has 0 spiro atoms. The molecule has 4 aromatic rings. The van der Waals surface area contributed by atoms with E-state index in [9.17, 15) is 23.6 Å². The van der Waals surface area contributed by atoms with Crippen LogP contribution in [0.15, 0.2) is 83.4 Å². The van der Waals surface area contributed by atoms with Gasteiger partial charge in [-0.3, -0.25) is 14.4 Å². The zero-order valence-corrected chi connectivity index (χ0v) is 29.3. The van der Waals surface area contributed by atoms with E-state index in [1.165, 1.54) is 54.5 Å². The van der Waals surface area contributed by atoms with Crippen molar-refractivity contribution in [3.8, 4) is 0 Å². The molecule has 1 aliphatic carbocycles. The van der Waals surface area contributed by atoms with Gasteiger partial charge in [0.2, 0.25) is 5.91 Å². The lowest BCUT2D eigenvalue weighted by atomic mass is 10.1. The van der Waals surface area contributed by atoms with Gasteiger partial charge in [-0.25, -0.2) is 9.18 Å². The number of hydrogen-bond donors (Lipinski definition) is 3. The van der Waals surface area contributed by atoms with Gasteiger partial charge in [-0.2, -0.15) is 0 Å². The molecule has 3 N–H and O–H groups in total. The van der Waals surface area contributed by atoms with Crippen LogP contribution in [0.4, 0.5) is 15.1 Å². The van der Waals surface area contributed by atoms with E-state index in [0.29, 0.717) is 33.1 Å². The number of amides is 3. The molecule has 5 rings (SSSR count). The normalized spacial score (nSPS) is 13.4. The minimum absolute atomic E-state index is 0.0544. The van der Waals surface area contributed by atoms with Crippen LogP contribution in [0.5, 0.6) is 0 Å². The number of esters is 1. The SMILES string of the molecule is CCC(Sc1cccc(NC(=O)/C(=C\c2c(F)cccc2Cl)NC(=O)c2ccccc2)c1)C(=O)Nc1sc2c(c1C(=O)OC)CCCCC2. The summed E-state index contributed by atoms with van der Waals surface area (Å²) in [6.07, 6.45) is 6.44. The molecule has 49 heavy (non-hydrogen) atoms. The first-order valence-electron chi connectivity index (χ1n) is 15.8. The maximum Gasteiger partial charge on any atom is 0.341 e. The molecule has 1 aliphatic rings. The van der Waals surface area contributed by atoms with Crippen LogP contribution in [-0.2, 0) is 27.2 Å². The van der Waals surface area contributed by atoms with E-state index in [1.54, 1.807) is 48.5 Å². The number of nitrogens with one attached hydrogen (secondary N) is 3. The van der Waals surface area contributed by atoms with Crippen molar-refractivity contribution in [3.05, 3.63) is 116 Å². The molecule has 1 unspecified atom stereocenters. The summed E-state index contributed by atoms with van der Waals surface area (Å²) in [5.41, 5.74) is 1.84. The van der Waals surface area contributed by atoms with Crippen LogP contribution in [0.2, 0.25) is 5.02 Å². The molecule has 0 aliphatic heterocycles. The smallest absolute Gasteiger partial charge is 0.341 e. The van der Waals surface area contributed by atoms with Crippen LogP contribution in [-0.4, -0.2) is 36.1 Å². The van der Waals surface area contributed by atoms with E-state index < -0.39 is 28.9 Å². The van der Waals surface area contributed by atoms with E-state index in [4.69, 9.17) is 16.3 Å². The Labute approximate surface area is 297 Å². The van der Waals surface area contributed by atoms with Crippen LogP contribution >= 0.6 is 34.7 Å². The van der Waals surface area contributed by atoms with Gasteiger partial charge in [0.15, 0.2) is 0 Å². The van der Waals surface area contributed by atoms with Crippen LogP contribution in [0.25, 0.3) is 6.08 Å². The topological polar surface area (TPSA) is 114 Å². The number of benzene rings is 3. The average molecular weight is 720 g/mol. The van der Waals surface area contributed by atoms with Gasteiger partial charge >= 0.3 is 5.97 Å². The molecule has 1 heterocycles. The minimum Gasteiger partial charge on any atom is -0.465 e. The maximum absolute atomic E-state index is 14.7. The number of rotatable bonds is 11. The molecule has 3 aromatic carbocycles. The molecule has 1 atom stereocenters. The number of hydrogen-bond acceptors (Lipinski definition) is 7. The highest BCUT2D eigenvalue weighted by Crippen LogP contribution is 2.39. The Morgan fingerprint density at radius 1 is 0.980 bits per heavy atom. The summed E-state index contributed by atoms with van der Waals surface area (Å²) in [7, 11) is 1.34. The summed E-state index contributed by atoms with van der Waals surface area (Å²) in [5, 5.41) is 8.42. The van der Waals surface area contributed by atoms with Crippen molar-refractivity contribution in [2.75, 3.05) is 17.7 Å². The first kappa shape index (κ1) is 35.8. The molecule has 0 bridgehead atoms. The quantitative estimate of drug-likeness (QED) is 0.0620. The van der Waals surface area contributed by atoms with Gasteiger partial charge in [-0.1, -0.05) is 55.3 Å². The molecule has 0 saturated heterocycles. The van der Waals surface area contributed by atoms with Gasteiger partial charge < -0.3 is 20.7 Å². The van der Waals surface area contributed by atoms with Crippen molar-refractivity contribution in [1.29, 1.82) is 0 Å². The summed E-state index contributed by atoms with van der Waals surface area (Å²) in [6, 6.07) is 19.4. The Kier molecular flexibility index (Phi) is 12.3. The van der Waals surface area contributed by atoms with Crippen molar-refractivity contribution in [2.45, 2.75) is 55.6 Å². The van der Waals surface area contributed by atoms with Crippen LogP contribution in [0.1, 0.15) is 69.3 Å². The molecule has 8 nitrogen and oxygen atoms in total. The Morgan fingerprint density at radius 3 is 2.47 bits per heavy atom. The number of carbonyl (C=O) groups is 4. The predicted octanol–water partition coefficient (Wildman–Crippen LogP) is 8.52. The Bertz CT molecular complexity index is 1880. The highest BCUT2D eigenvalue weighted by atomic mass is 35.5. The zero-order chi connectivity index (χ0) is 34.9. The molecule has 0 fully saturated rings. The summed E-state index contributed by atoms with van der Waals surface area (Å²) < 4.78 is 19.8. The molecule has 1 aromatic heterocycles. The van der Waals surface area contributed by atoms with Crippen molar-refractivity contribution in [2.24, 2.45) is 0 Å². The highest BCUT2D eigenvalue weighted by Gasteiger charge is 2.28. The fraction of sp³-hybridized carbons (Fsp3) is 0.243. The zero-order valence-electron chi connectivity index (χ0n) is 26.9. The second kappa shape index (κ2) is 16.8. The number of carbonyl (C=O) groups excluding carboxylic acids is 4. The fourth-order valence-electron chi connectivity index (χ4n) is 5.41. The maximum atomic E-state index is 14.7. The molecule has 12 heteroatoms. The van der Waals surface area contributed by atoms with Gasteiger partial charge in [0.05, 0.1) is 22.9 Å². The second-order valence-electron chi connectivity index (χ2n) is 11.3. The van der Waals surface area contributed by atoms with E-state index >= 15 is 0 Å². The fourth-order valence-corrected chi connectivity index (χ4v) is 7.92. The number of fused-ring (bicyclic) bond motifs is 1. The van der Waals surface area contributed by atoms with E-state index in [-0.39, 0.29) is 22.2 Å². The number of anilines is 2. The molecular formula is C37H35ClFN3O5S2. The second-order valence-corrected chi connectivity index (χ2v) is 14.0. The number of thioether (sulfide) groups is 1. The third-order valence-corrected chi connectivity index (χ3v) is 10.8. The molecule has 0 saturated carbocycles. The molecule has 0 radical (unpaired) electrons. The first-order chi connectivity index (χ1) is 23.7. The predicted molar refractivity (Wildman–Crippen MR) is 194 cm³/mol. The summed E-state index contributed by atoms with van der Waals surface area (Å²) in [5.74, 6) is -2.63. The van der Waals surface area contributed by atoms with E-state index in [2.05, 4.69) is 16.0 Å². The summed E-state index contributed by atoms with van der Waals surface area (Å²) >= 11 is 8.98. The lowest BCUT2D eigenvalue weighted by Crippen LogP contribution is -2.30. The van der Waals surface area contributed by atoms with Crippen molar-refractivity contribution < 1.29 is 28.3 Å². The van der Waals surface area contributed by atoms with Gasteiger partial charge in [-0.05, 0) is 86.2 Å². The standard InChI is InChI=1S/C37H35ClFN3O5S2/c1-3-30(35(45)42-36-32(37(46)47-2)25-16-8-5-9-19-31(25)49-36)48-24-15-10-14-23(20-24)40-34(44)29(21-26-27(38)17-11-18-28(26)39)41-33(43)22-12-6-4-7-13-22/h4,6-7,10-15,17-18,20-21,30H,3,5,8-9,16,19H2,1-2H3,(H,40,44)(H,41,43)(H,42,45)/b29-21+. The summed E-state index contributed by atoms with van der Waals surface area (Å²) in [6.45, 7) is 1.90. The van der Waals surface area contributed by atoms with Crippen molar-refractivity contribution in [1.82, 2.24) is 5.32 Å². The van der Waals surface area contributed by atoms with Crippen LogP contribution in [0, 0.1) is 5.82 Å². The lowest BCUT2D eigenvalue weighted by molar-refractivity contribution is -0.116. The van der Waals surface area contributed by atoms with Crippen LogP contribution < -0.4 is 16.0 Å². The molecular weight excluding hydrogens is 685 g/mol. The number of thiophene rings is 1.